The van der Waals surface area contributed by atoms with Gasteiger partial charge in [-0.1, -0.05) is 19.9 Å². The minimum atomic E-state index is -0.283. The topological polar surface area (TPSA) is 77.1 Å². The first-order chi connectivity index (χ1) is 12.5. The molecule has 2 rings (SSSR count). The molecule has 1 aliphatic heterocycles. The van der Waals surface area contributed by atoms with Crippen molar-refractivity contribution in [2.24, 2.45) is 5.92 Å². The van der Waals surface area contributed by atoms with Crippen LogP contribution in [-0.4, -0.2) is 56.9 Å². The Kier molecular flexibility index (Phi) is 7.12. The fraction of sp³-hybridized carbons (Fsp3) is 0.579. The zero-order valence-corrected chi connectivity index (χ0v) is 15.9. The third kappa shape index (κ3) is 5.03. The van der Waals surface area contributed by atoms with Gasteiger partial charge in [0.15, 0.2) is 0 Å². The summed E-state index contributed by atoms with van der Waals surface area (Å²) in [6, 6.07) is 5.22. The molecule has 2 amide bonds. The maximum Gasteiger partial charge on any atom is 0.409 e. The summed E-state index contributed by atoms with van der Waals surface area (Å²) in [6.45, 7) is 5.54. The summed E-state index contributed by atoms with van der Waals surface area (Å²) in [5.74, 6) is 1.01. The first-order valence-corrected chi connectivity index (χ1v) is 8.89. The van der Waals surface area contributed by atoms with Crippen molar-refractivity contribution in [3.05, 3.63) is 23.8 Å². The van der Waals surface area contributed by atoms with Crippen molar-refractivity contribution in [1.82, 2.24) is 10.2 Å². The number of nitrogens with zero attached hydrogens (tertiary/aromatic N) is 1. The molecule has 26 heavy (non-hydrogen) atoms. The second-order valence-electron chi connectivity index (χ2n) is 6.74. The quantitative estimate of drug-likeness (QED) is 0.840. The highest BCUT2D eigenvalue weighted by molar-refractivity contribution is 5.99. The van der Waals surface area contributed by atoms with E-state index < -0.39 is 0 Å². The monoisotopic (exact) mass is 364 g/mol. The molecule has 0 saturated carbocycles. The van der Waals surface area contributed by atoms with E-state index in [1.807, 2.05) is 13.8 Å². The average Bonchev–Trinajstić information content (AvgIpc) is 2.65. The fourth-order valence-electron chi connectivity index (χ4n) is 2.87. The number of amides is 2. The average molecular weight is 364 g/mol. The van der Waals surface area contributed by atoms with Crippen molar-refractivity contribution in [3.63, 3.8) is 0 Å². The molecule has 0 aliphatic carbocycles. The minimum absolute atomic E-state index is 0.00809. The van der Waals surface area contributed by atoms with Gasteiger partial charge in [0.1, 0.15) is 17.1 Å². The van der Waals surface area contributed by atoms with Crippen LogP contribution in [0, 0.1) is 5.92 Å². The fourth-order valence-corrected chi connectivity index (χ4v) is 2.87. The predicted molar refractivity (Wildman–Crippen MR) is 97.8 cm³/mol. The van der Waals surface area contributed by atoms with E-state index in [4.69, 9.17) is 14.2 Å². The summed E-state index contributed by atoms with van der Waals surface area (Å²) in [4.78, 5) is 26.4. The molecule has 0 spiro atoms. The number of carbonyl (C=O) groups excluding carboxylic acids is 2. The van der Waals surface area contributed by atoms with Crippen LogP contribution >= 0.6 is 0 Å². The van der Waals surface area contributed by atoms with E-state index in [1.54, 1.807) is 23.1 Å². The van der Waals surface area contributed by atoms with Crippen LogP contribution in [0.15, 0.2) is 18.2 Å². The SMILES string of the molecule is COc1cccc(OC)c1C(=O)NC1CCN(C(=O)OCC(C)C)CC1. The van der Waals surface area contributed by atoms with Crippen molar-refractivity contribution in [2.45, 2.75) is 32.7 Å². The van der Waals surface area contributed by atoms with Crippen molar-refractivity contribution in [3.8, 4) is 11.5 Å². The Labute approximate surface area is 154 Å². The van der Waals surface area contributed by atoms with Gasteiger partial charge in [0.2, 0.25) is 0 Å². The van der Waals surface area contributed by atoms with Crippen LogP contribution in [0.5, 0.6) is 11.5 Å². The second-order valence-corrected chi connectivity index (χ2v) is 6.74. The molecule has 7 heteroatoms. The number of carbonyl (C=O) groups is 2. The molecule has 1 heterocycles. The second kappa shape index (κ2) is 9.31. The first kappa shape index (κ1) is 19.9. The van der Waals surface area contributed by atoms with Crippen LogP contribution in [0.4, 0.5) is 4.79 Å². The molecular weight excluding hydrogens is 336 g/mol. The molecule has 0 unspecified atom stereocenters. The van der Waals surface area contributed by atoms with Gasteiger partial charge in [-0.2, -0.15) is 0 Å². The number of methoxy groups -OCH3 is 2. The van der Waals surface area contributed by atoms with Gasteiger partial charge in [-0.25, -0.2) is 4.79 Å². The van der Waals surface area contributed by atoms with Gasteiger partial charge in [-0.15, -0.1) is 0 Å². The number of hydrogen-bond acceptors (Lipinski definition) is 5. The molecule has 1 aromatic rings. The Morgan fingerprint density at radius 2 is 1.73 bits per heavy atom. The Morgan fingerprint density at radius 1 is 1.15 bits per heavy atom. The zero-order valence-electron chi connectivity index (χ0n) is 15.9. The maximum atomic E-state index is 12.7. The molecule has 1 N–H and O–H groups in total. The maximum absolute atomic E-state index is 12.7. The Bertz CT molecular complexity index is 602. The number of rotatable bonds is 6. The van der Waals surface area contributed by atoms with E-state index in [0.29, 0.717) is 55.5 Å². The summed E-state index contributed by atoms with van der Waals surface area (Å²) < 4.78 is 15.8. The van der Waals surface area contributed by atoms with E-state index >= 15 is 0 Å². The highest BCUT2D eigenvalue weighted by Gasteiger charge is 2.27. The third-order valence-corrected chi connectivity index (χ3v) is 4.28. The molecule has 0 bridgehead atoms. The number of nitrogens with one attached hydrogen (secondary N) is 1. The lowest BCUT2D eigenvalue weighted by Gasteiger charge is -2.32. The van der Waals surface area contributed by atoms with Gasteiger partial charge in [-0.05, 0) is 30.9 Å². The van der Waals surface area contributed by atoms with Crippen molar-refractivity contribution >= 4 is 12.0 Å². The first-order valence-electron chi connectivity index (χ1n) is 8.89. The van der Waals surface area contributed by atoms with Crippen molar-refractivity contribution < 1.29 is 23.8 Å². The molecule has 1 saturated heterocycles. The number of benzene rings is 1. The standard InChI is InChI=1S/C19H28N2O5/c1-13(2)12-26-19(23)21-10-8-14(9-11-21)20-18(22)17-15(24-3)6-5-7-16(17)25-4/h5-7,13-14H,8-12H2,1-4H3,(H,20,22). The van der Waals surface area contributed by atoms with Gasteiger partial charge in [0.05, 0.1) is 20.8 Å². The van der Waals surface area contributed by atoms with Gasteiger partial charge >= 0.3 is 6.09 Å². The number of likely N-dealkylation sites (tertiary alicyclic amines) is 1. The normalized spacial score (nSPS) is 14.9. The smallest absolute Gasteiger partial charge is 0.409 e. The van der Waals surface area contributed by atoms with E-state index in [-0.39, 0.29) is 18.0 Å². The molecule has 144 valence electrons. The van der Waals surface area contributed by atoms with Crippen LogP contribution in [0.3, 0.4) is 0 Å². The van der Waals surface area contributed by atoms with E-state index in [2.05, 4.69) is 5.32 Å². The van der Waals surface area contributed by atoms with Gasteiger partial charge in [-0.3, -0.25) is 4.79 Å². The number of piperidine rings is 1. The minimum Gasteiger partial charge on any atom is -0.496 e. The lowest BCUT2D eigenvalue weighted by Crippen LogP contribution is -2.47. The van der Waals surface area contributed by atoms with Gasteiger partial charge < -0.3 is 24.4 Å². The largest absolute Gasteiger partial charge is 0.496 e. The lowest BCUT2D eigenvalue weighted by molar-refractivity contribution is 0.0784. The van der Waals surface area contributed by atoms with E-state index in [0.717, 1.165) is 0 Å². The van der Waals surface area contributed by atoms with E-state index in [9.17, 15) is 9.59 Å². The molecule has 7 nitrogen and oxygen atoms in total. The van der Waals surface area contributed by atoms with Gasteiger partial charge in [0.25, 0.3) is 5.91 Å². The lowest BCUT2D eigenvalue weighted by atomic mass is 10.0. The summed E-state index contributed by atoms with van der Waals surface area (Å²) in [6.07, 6.45) is 1.08. The van der Waals surface area contributed by atoms with Crippen LogP contribution in [0.2, 0.25) is 0 Å². The summed E-state index contributed by atoms with van der Waals surface area (Å²) in [7, 11) is 3.04. The van der Waals surface area contributed by atoms with Crippen molar-refractivity contribution in [1.29, 1.82) is 0 Å². The van der Waals surface area contributed by atoms with Crippen molar-refractivity contribution in [2.75, 3.05) is 33.9 Å². The number of ether oxygens (including phenoxy) is 3. The van der Waals surface area contributed by atoms with E-state index in [1.165, 1.54) is 14.2 Å². The molecule has 0 atom stereocenters. The van der Waals surface area contributed by atoms with Crippen LogP contribution in [0.25, 0.3) is 0 Å². The molecule has 1 aromatic carbocycles. The van der Waals surface area contributed by atoms with Crippen LogP contribution in [0.1, 0.15) is 37.0 Å². The third-order valence-electron chi connectivity index (χ3n) is 4.28. The number of hydrogen-bond donors (Lipinski definition) is 1. The molecule has 1 fully saturated rings. The highest BCUT2D eigenvalue weighted by atomic mass is 16.6. The predicted octanol–water partition coefficient (Wildman–Crippen LogP) is 2.69. The summed E-state index contributed by atoms with van der Waals surface area (Å²) >= 11 is 0. The zero-order chi connectivity index (χ0) is 19.1. The summed E-state index contributed by atoms with van der Waals surface area (Å²) in [5.41, 5.74) is 0.385. The Balaban J connectivity index is 1.92. The van der Waals surface area contributed by atoms with Crippen LogP contribution in [-0.2, 0) is 4.74 Å². The molecule has 0 aromatic heterocycles. The highest BCUT2D eigenvalue weighted by Crippen LogP contribution is 2.28. The van der Waals surface area contributed by atoms with Crippen LogP contribution < -0.4 is 14.8 Å². The molecule has 1 aliphatic rings. The van der Waals surface area contributed by atoms with Gasteiger partial charge in [0, 0.05) is 19.1 Å². The Hall–Kier alpha value is -2.44. The molecular formula is C19H28N2O5. The molecule has 0 radical (unpaired) electrons. The summed E-state index contributed by atoms with van der Waals surface area (Å²) in [5, 5.41) is 3.02. The Morgan fingerprint density at radius 3 is 2.23 bits per heavy atom.